The van der Waals surface area contributed by atoms with Gasteiger partial charge in [0, 0.05) is 12.7 Å². The van der Waals surface area contributed by atoms with E-state index >= 15 is 0 Å². The molecule has 4 nitrogen and oxygen atoms in total. The highest BCUT2D eigenvalue weighted by atomic mass is 16.5. The van der Waals surface area contributed by atoms with Gasteiger partial charge in [-0.3, -0.25) is 4.90 Å². The Morgan fingerprint density at radius 3 is 2.40 bits per heavy atom. The van der Waals surface area contributed by atoms with Crippen LogP contribution in [0, 0.1) is 6.92 Å². The molecule has 0 aliphatic carbocycles. The van der Waals surface area contributed by atoms with E-state index in [9.17, 15) is 4.79 Å². The van der Waals surface area contributed by atoms with E-state index in [1.807, 2.05) is 61.5 Å². The Bertz CT molecular complexity index is 552. The van der Waals surface area contributed by atoms with E-state index in [2.05, 4.69) is 5.32 Å². The normalized spacial score (nSPS) is 9.90. The van der Waals surface area contributed by atoms with Gasteiger partial charge >= 0.3 is 6.03 Å². The lowest BCUT2D eigenvalue weighted by molar-refractivity contribution is 0.230. The Morgan fingerprint density at radius 2 is 1.75 bits per heavy atom. The molecule has 2 amide bonds. The third-order valence-corrected chi connectivity index (χ3v) is 2.93. The van der Waals surface area contributed by atoms with Gasteiger partial charge in [0.2, 0.25) is 0 Å². The molecule has 0 aliphatic rings. The van der Waals surface area contributed by atoms with Crippen LogP contribution in [0.2, 0.25) is 0 Å². The van der Waals surface area contributed by atoms with Crippen LogP contribution < -0.4 is 15.0 Å². The zero-order chi connectivity index (χ0) is 14.4. The van der Waals surface area contributed by atoms with Crippen molar-refractivity contribution in [3.8, 4) is 5.75 Å². The molecule has 0 heterocycles. The number of aryl methyl sites for hydroxylation is 1. The summed E-state index contributed by atoms with van der Waals surface area (Å²) in [5.41, 5.74) is 2.01. The predicted molar refractivity (Wildman–Crippen MR) is 80.1 cm³/mol. The lowest BCUT2D eigenvalue weighted by Gasteiger charge is -2.18. The second-order valence-electron chi connectivity index (χ2n) is 4.48. The van der Waals surface area contributed by atoms with E-state index in [0.717, 1.165) is 11.4 Å². The first-order valence-electron chi connectivity index (χ1n) is 6.43. The summed E-state index contributed by atoms with van der Waals surface area (Å²) in [6.07, 6.45) is 0. The molecular formula is C16H18N2O2. The molecule has 0 atom stereocenters. The molecule has 2 aromatic rings. The van der Waals surface area contributed by atoms with E-state index in [0.29, 0.717) is 0 Å². The van der Waals surface area contributed by atoms with Gasteiger partial charge in [-0.05, 0) is 31.2 Å². The lowest BCUT2D eigenvalue weighted by atomic mass is 10.2. The summed E-state index contributed by atoms with van der Waals surface area (Å²) >= 11 is 0. The van der Waals surface area contributed by atoms with Crippen LogP contribution in [0.15, 0.2) is 54.6 Å². The van der Waals surface area contributed by atoms with Gasteiger partial charge in [0.25, 0.3) is 0 Å². The Kier molecular flexibility index (Phi) is 4.60. The summed E-state index contributed by atoms with van der Waals surface area (Å²) < 4.78 is 5.46. The molecule has 0 unspecified atom stereocenters. The second-order valence-corrected chi connectivity index (χ2v) is 4.48. The Morgan fingerprint density at radius 1 is 1.10 bits per heavy atom. The van der Waals surface area contributed by atoms with E-state index in [-0.39, 0.29) is 12.8 Å². The number of rotatable bonds is 4. The highest BCUT2D eigenvalue weighted by Crippen LogP contribution is 2.12. The minimum Gasteiger partial charge on any atom is -0.473 e. The molecule has 0 radical (unpaired) electrons. The summed E-state index contributed by atoms with van der Waals surface area (Å²) in [6, 6.07) is 16.9. The van der Waals surface area contributed by atoms with Crippen LogP contribution in [0.3, 0.4) is 0 Å². The van der Waals surface area contributed by atoms with Crippen LogP contribution in [-0.4, -0.2) is 19.8 Å². The summed E-state index contributed by atoms with van der Waals surface area (Å²) in [5.74, 6) is 0.735. The van der Waals surface area contributed by atoms with Crippen LogP contribution in [0.5, 0.6) is 5.75 Å². The SMILES string of the molecule is Cc1ccc(OCNC(=O)N(C)c2ccccc2)cc1. The average molecular weight is 270 g/mol. The number of anilines is 1. The van der Waals surface area contributed by atoms with Crippen molar-refractivity contribution in [2.45, 2.75) is 6.92 Å². The molecule has 20 heavy (non-hydrogen) atoms. The number of nitrogens with one attached hydrogen (secondary N) is 1. The first kappa shape index (κ1) is 13.9. The number of urea groups is 1. The van der Waals surface area contributed by atoms with Gasteiger partial charge in [0.15, 0.2) is 6.73 Å². The number of nitrogens with zero attached hydrogens (tertiary/aromatic N) is 1. The third kappa shape index (κ3) is 3.75. The third-order valence-electron chi connectivity index (χ3n) is 2.93. The van der Waals surface area contributed by atoms with E-state index < -0.39 is 0 Å². The largest absolute Gasteiger partial charge is 0.473 e. The zero-order valence-corrected chi connectivity index (χ0v) is 11.7. The van der Waals surface area contributed by atoms with E-state index in [1.54, 1.807) is 11.9 Å². The molecule has 4 heteroatoms. The number of benzene rings is 2. The maximum absolute atomic E-state index is 11.9. The van der Waals surface area contributed by atoms with Gasteiger partial charge in [-0.2, -0.15) is 0 Å². The fourth-order valence-corrected chi connectivity index (χ4v) is 1.70. The lowest BCUT2D eigenvalue weighted by Crippen LogP contribution is -2.39. The topological polar surface area (TPSA) is 41.6 Å². The van der Waals surface area contributed by atoms with Crippen molar-refractivity contribution < 1.29 is 9.53 Å². The monoisotopic (exact) mass is 270 g/mol. The van der Waals surface area contributed by atoms with Crippen LogP contribution in [-0.2, 0) is 0 Å². The van der Waals surface area contributed by atoms with Crippen molar-refractivity contribution in [3.05, 3.63) is 60.2 Å². The van der Waals surface area contributed by atoms with Gasteiger partial charge in [-0.1, -0.05) is 35.9 Å². The number of hydrogen-bond donors (Lipinski definition) is 1. The number of carbonyl (C=O) groups excluding carboxylic acids is 1. The molecule has 0 saturated carbocycles. The second kappa shape index (κ2) is 6.61. The minimum absolute atomic E-state index is 0.138. The molecule has 2 aromatic carbocycles. The predicted octanol–water partition coefficient (Wildman–Crippen LogP) is 3.18. The Labute approximate surface area is 119 Å². The van der Waals surface area contributed by atoms with Crippen molar-refractivity contribution in [1.29, 1.82) is 0 Å². The molecule has 104 valence electrons. The number of amides is 2. The molecule has 0 saturated heterocycles. The van der Waals surface area contributed by atoms with Gasteiger partial charge in [0.05, 0.1) is 0 Å². The molecule has 2 rings (SSSR count). The van der Waals surface area contributed by atoms with Gasteiger partial charge in [0.1, 0.15) is 5.75 Å². The highest BCUT2D eigenvalue weighted by Gasteiger charge is 2.09. The summed E-state index contributed by atoms with van der Waals surface area (Å²) in [7, 11) is 1.72. The van der Waals surface area contributed by atoms with Crippen LogP contribution in [0.25, 0.3) is 0 Å². The van der Waals surface area contributed by atoms with Gasteiger partial charge < -0.3 is 10.1 Å². The van der Waals surface area contributed by atoms with E-state index in [4.69, 9.17) is 4.74 Å². The zero-order valence-electron chi connectivity index (χ0n) is 11.7. The summed E-state index contributed by atoms with van der Waals surface area (Å²) in [5, 5.41) is 2.71. The molecule has 0 aliphatic heterocycles. The highest BCUT2D eigenvalue weighted by molar-refractivity contribution is 5.91. The fourth-order valence-electron chi connectivity index (χ4n) is 1.70. The Balaban J connectivity index is 1.82. The minimum atomic E-state index is -0.205. The van der Waals surface area contributed by atoms with Crippen LogP contribution in [0.4, 0.5) is 10.5 Å². The molecule has 0 aromatic heterocycles. The van der Waals surface area contributed by atoms with Crippen molar-refractivity contribution in [1.82, 2.24) is 5.32 Å². The maximum atomic E-state index is 11.9. The Hall–Kier alpha value is -2.49. The maximum Gasteiger partial charge on any atom is 0.324 e. The van der Waals surface area contributed by atoms with Crippen molar-refractivity contribution in [2.24, 2.45) is 0 Å². The fraction of sp³-hybridized carbons (Fsp3) is 0.188. The molecule has 0 spiro atoms. The molecular weight excluding hydrogens is 252 g/mol. The quantitative estimate of drug-likeness (QED) is 0.867. The summed E-state index contributed by atoms with van der Waals surface area (Å²) in [6.45, 7) is 2.15. The molecule has 1 N–H and O–H groups in total. The summed E-state index contributed by atoms with van der Waals surface area (Å²) in [4.78, 5) is 13.5. The number of carbonyl (C=O) groups is 1. The van der Waals surface area contributed by atoms with Crippen LogP contribution in [0.1, 0.15) is 5.56 Å². The first-order valence-corrected chi connectivity index (χ1v) is 6.43. The van der Waals surface area contributed by atoms with Crippen molar-refractivity contribution in [2.75, 3.05) is 18.7 Å². The standard InChI is InChI=1S/C16H18N2O2/c1-13-8-10-15(11-9-13)20-12-17-16(19)18(2)14-6-4-3-5-7-14/h3-11H,12H2,1-2H3,(H,17,19). The number of hydrogen-bond acceptors (Lipinski definition) is 2. The van der Waals surface area contributed by atoms with Gasteiger partial charge in [-0.25, -0.2) is 4.79 Å². The van der Waals surface area contributed by atoms with Gasteiger partial charge in [-0.15, -0.1) is 0 Å². The molecule has 0 bridgehead atoms. The molecule has 0 fully saturated rings. The first-order chi connectivity index (χ1) is 9.66. The van der Waals surface area contributed by atoms with E-state index in [1.165, 1.54) is 5.56 Å². The van der Waals surface area contributed by atoms with Crippen molar-refractivity contribution in [3.63, 3.8) is 0 Å². The smallest absolute Gasteiger partial charge is 0.324 e. The van der Waals surface area contributed by atoms with Crippen LogP contribution >= 0.6 is 0 Å². The average Bonchev–Trinajstić information content (AvgIpc) is 2.49. The number of ether oxygens (including phenoxy) is 1. The van der Waals surface area contributed by atoms with Crippen molar-refractivity contribution >= 4 is 11.7 Å². The number of para-hydroxylation sites is 1.